The standard InChI is InChI=1S/C80H129NO8/c1-6-8-10-12-14-16-18-20-22-24-26-28-30-31-32-33-34-35-36-37-38-39-40-41-42-43-44-45-46-47-49-51-53-55-57-59-61-63-65-67-69-71-78(83)89-76(75-88-80(79(84)85)86-73-72-81(3,4)5)74-87-77(82)70-68-66-64-62-60-58-56-54-52-50-48-29-27-25-23-21-19-17-15-13-11-9-7-2/h8,10,14,16,19-22,25-28,31-32,34-35,37-38,40-41,43-44,46-48,50-51,53,76,80H,6-7,9,11-13,15,17-18,23-24,29-30,33,36,39,42,45,49,52,54-75H2,1-5H3/p+1/b10-8-,16-14-,21-19-,22-20-,27-25-,28-26-,32-31-,35-34-,38-37-,41-40-,44-43-,47-46-,50-48-,53-51-. The summed E-state index contributed by atoms with van der Waals surface area (Å²) in [7, 11) is 5.96. The third kappa shape index (κ3) is 70.0. The second kappa shape index (κ2) is 68.6. The lowest BCUT2D eigenvalue weighted by atomic mass is 10.1. The molecule has 9 heteroatoms. The van der Waals surface area contributed by atoms with Crippen LogP contribution in [0.3, 0.4) is 0 Å². The van der Waals surface area contributed by atoms with E-state index in [4.69, 9.17) is 18.9 Å². The van der Waals surface area contributed by atoms with Gasteiger partial charge in [0.15, 0.2) is 6.10 Å². The minimum Gasteiger partial charge on any atom is -0.477 e. The molecule has 0 fully saturated rings. The molecule has 0 aromatic rings. The normalized spacial score (nSPS) is 13.8. The van der Waals surface area contributed by atoms with Crippen LogP contribution in [0.5, 0.6) is 0 Å². The first kappa shape index (κ1) is 83.7. The SMILES string of the molecule is CC/C=C\C/C=C\C/C=C\C/C=C\C/C=C\C/C=C\C/C=C\C/C=C\C/C=C\C/C=C\C/C=C\CCCCCCCCCC(=O)OC(COC(=O)CCCCCCCCCC/C=C\C/C=C\C/C=C\CCCCCCC)COC(OCC[N+](C)(C)C)C(=O)O. The highest BCUT2D eigenvalue weighted by molar-refractivity contribution is 5.71. The Morgan fingerprint density at radius 3 is 0.955 bits per heavy atom. The van der Waals surface area contributed by atoms with Crippen LogP contribution in [0.15, 0.2) is 170 Å². The molecule has 0 saturated carbocycles. The number of allylic oxidation sites excluding steroid dienone is 28. The van der Waals surface area contributed by atoms with Crippen LogP contribution < -0.4 is 0 Å². The molecule has 2 atom stereocenters. The predicted octanol–water partition coefficient (Wildman–Crippen LogP) is 22.2. The van der Waals surface area contributed by atoms with Crippen molar-refractivity contribution in [1.82, 2.24) is 0 Å². The number of hydrogen-bond donors (Lipinski definition) is 1. The van der Waals surface area contributed by atoms with Crippen LogP contribution in [0.4, 0.5) is 0 Å². The highest BCUT2D eigenvalue weighted by Gasteiger charge is 2.25. The van der Waals surface area contributed by atoms with E-state index in [1.807, 2.05) is 21.1 Å². The van der Waals surface area contributed by atoms with Gasteiger partial charge in [-0.3, -0.25) is 9.59 Å². The van der Waals surface area contributed by atoms with Crippen molar-refractivity contribution in [3.05, 3.63) is 170 Å². The fourth-order valence-electron chi connectivity index (χ4n) is 9.08. The number of nitrogens with zero attached hydrogens (tertiary/aromatic N) is 1. The summed E-state index contributed by atoms with van der Waals surface area (Å²) in [6.45, 7) is 4.72. The Morgan fingerprint density at radius 1 is 0.348 bits per heavy atom. The Labute approximate surface area is 546 Å². The van der Waals surface area contributed by atoms with E-state index in [1.54, 1.807) is 0 Å². The van der Waals surface area contributed by atoms with Crippen molar-refractivity contribution in [2.45, 2.75) is 270 Å². The number of esters is 2. The number of carbonyl (C=O) groups excluding carboxylic acids is 2. The summed E-state index contributed by atoms with van der Waals surface area (Å²) < 4.78 is 22.9. The van der Waals surface area contributed by atoms with Crippen molar-refractivity contribution in [2.75, 3.05) is 47.5 Å². The number of likely N-dealkylation sites (N-methyl/N-ethyl adjacent to an activating group) is 1. The quantitative estimate of drug-likeness (QED) is 0.0211. The van der Waals surface area contributed by atoms with Gasteiger partial charge in [-0.05, 0) is 135 Å². The molecule has 0 aromatic carbocycles. The predicted molar refractivity (Wildman–Crippen MR) is 382 cm³/mol. The van der Waals surface area contributed by atoms with E-state index >= 15 is 0 Å². The van der Waals surface area contributed by atoms with Crippen molar-refractivity contribution >= 4 is 17.9 Å². The molecule has 0 saturated heterocycles. The molecule has 9 nitrogen and oxygen atoms in total. The molecule has 0 radical (unpaired) electrons. The topological polar surface area (TPSA) is 108 Å². The van der Waals surface area contributed by atoms with Crippen molar-refractivity contribution < 1.29 is 42.9 Å². The van der Waals surface area contributed by atoms with Gasteiger partial charge in [-0.1, -0.05) is 280 Å². The number of quaternary nitrogens is 1. The number of ether oxygens (including phenoxy) is 4. The highest BCUT2D eigenvalue weighted by atomic mass is 16.7. The summed E-state index contributed by atoms with van der Waals surface area (Å²) >= 11 is 0. The van der Waals surface area contributed by atoms with Crippen LogP contribution in [0.1, 0.15) is 258 Å². The Kier molecular flexibility index (Phi) is 64.4. The zero-order valence-electron chi connectivity index (χ0n) is 57.3. The highest BCUT2D eigenvalue weighted by Crippen LogP contribution is 2.15. The number of rotatable bonds is 63. The van der Waals surface area contributed by atoms with E-state index in [0.29, 0.717) is 17.4 Å². The molecule has 89 heavy (non-hydrogen) atoms. The molecule has 0 aromatic heterocycles. The van der Waals surface area contributed by atoms with Gasteiger partial charge in [-0.25, -0.2) is 4.79 Å². The molecule has 502 valence electrons. The zero-order valence-corrected chi connectivity index (χ0v) is 57.3. The first-order chi connectivity index (χ1) is 43.6. The number of aliphatic carboxylic acids is 1. The molecule has 0 heterocycles. The summed E-state index contributed by atoms with van der Waals surface area (Å²) in [4.78, 5) is 37.6. The largest absolute Gasteiger partial charge is 0.477 e. The van der Waals surface area contributed by atoms with Crippen molar-refractivity contribution in [2.24, 2.45) is 0 Å². The van der Waals surface area contributed by atoms with Gasteiger partial charge >= 0.3 is 17.9 Å². The van der Waals surface area contributed by atoms with E-state index in [-0.39, 0.29) is 38.6 Å². The smallest absolute Gasteiger partial charge is 0.361 e. The van der Waals surface area contributed by atoms with Gasteiger partial charge in [-0.2, -0.15) is 0 Å². The van der Waals surface area contributed by atoms with Crippen LogP contribution in [0.25, 0.3) is 0 Å². The molecule has 0 bridgehead atoms. The van der Waals surface area contributed by atoms with Crippen molar-refractivity contribution in [3.63, 3.8) is 0 Å². The number of carboxylic acid groups (broad SMARTS) is 1. The molecule has 0 aliphatic carbocycles. The van der Waals surface area contributed by atoms with Gasteiger partial charge in [-0.15, -0.1) is 0 Å². The molecule has 0 rings (SSSR count). The zero-order chi connectivity index (χ0) is 64.7. The summed E-state index contributed by atoms with van der Waals surface area (Å²) in [5.41, 5.74) is 0. The summed E-state index contributed by atoms with van der Waals surface area (Å²) in [6, 6.07) is 0. The summed E-state index contributed by atoms with van der Waals surface area (Å²) in [6.07, 6.45) is 100. The molecule has 0 aliphatic heterocycles. The van der Waals surface area contributed by atoms with E-state index < -0.39 is 24.3 Å². The Hall–Kier alpha value is -5.35. The molecular formula is C80H130NO8+. The maximum absolute atomic E-state index is 12.9. The minimum atomic E-state index is -1.53. The van der Waals surface area contributed by atoms with Gasteiger partial charge in [0.1, 0.15) is 13.2 Å². The monoisotopic (exact) mass is 1230 g/mol. The molecule has 0 amide bonds. The van der Waals surface area contributed by atoms with Gasteiger partial charge in [0.25, 0.3) is 6.29 Å². The Bertz CT molecular complexity index is 2070. The second-order valence-electron chi connectivity index (χ2n) is 24.1. The van der Waals surface area contributed by atoms with E-state index in [0.717, 1.165) is 141 Å². The minimum absolute atomic E-state index is 0.175. The number of carbonyl (C=O) groups is 3. The average Bonchev–Trinajstić information content (AvgIpc) is 3.64. The lowest BCUT2D eigenvalue weighted by molar-refractivity contribution is -0.870. The van der Waals surface area contributed by atoms with Crippen LogP contribution in [-0.4, -0.2) is 87.4 Å². The fraction of sp³-hybridized carbons (Fsp3) is 0.613. The lowest BCUT2D eigenvalue weighted by Gasteiger charge is -2.25. The fourth-order valence-corrected chi connectivity index (χ4v) is 9.08. The molecule has 1 N–H and O–H groups in total. The first-order valence-corrected chi connectivity index (χ1v) is 35.3. The lowest BCUT2D eigenvalue weighted by Crippen LogP contribution is -2.40. The van der Waals surface area contributed by atoms with E-state index in [2.05, 4.69) is 184 Å². The second-order valence-corrected chi connectivity index (χ2v) is 24.1. The van der Waals surface area contributed by atoms with Crippen molar-refractivity contribution in [1.29, 1.82) is 0 Å². The number of hydrogen-bond acceptors (Lipinski definition) is 7. The van der Waals surface area contributed by atoms with E-state index in [9.17, 15) is 19.5 Å². The maximum atomic E-state index is 12.9. The summed E-state index contributed by atoms with van der Waals surface area (Å²) in [5, 5.41) is 9.74. The van der Waals surface area contributed by atoms with Crippen LogP contribution in [0, 0.1) is 0 Å². The van der Waals surface area contributed by atoms with Gasteiger partial charge in [0.05, 0.1) is 34.4 Å². The number of unbranched alkanes of at least 4 members (excludes halogenated alkanes) is 20. The van der Waals surface area contributed by atoms with Gasteiger partial charge < -0.3 is 28.5 Å². The number of carboxylic acids is 1. The average molecular weight is 1230 g/mol. The summed E-state index contributed by atoms with van der Waals surface area (Å²) in [5.74, 6) is -2.04. The van der Waals surface area contributed by atoms with E-state index in [1.165, 1.54) is 83.5 Å². The van der Waals surface area contributed by atoms with Crippen LogP contribution >= 0.6 is 0 Å². The molecule has 2 unspecified atom stereocenters. The maximum Gasteiger partial charge on any atom is 0.361 e. The molecular weight excluding hydrogens is 1100 g/mol. The first-order valence-electron chi connectivity index (χ1n) is 35.3. The van der Waals surface area contributed by atoms with Crippen LogP contribution in [-0.2, 0) is 33.3 Å². The Balaban J connectivity index is 4.22. The third-order valence-electron chi connectivity index (χ3n) is 14.5. The molecule has 0 aliphatic rings. The third-order valence-corrected chi connectivity index (χ3v) is 14.5. The van der Waals surface area contributed by atoms with Gasteiger partial charge in [0, 0.05) is 12.8 Å². The Morgan fingerprint density at radius 2 is 0.640 bits per heavy atom. The van der Waals surface area contributed by atoms with Crippen LogP contribution in [0.2, 0.25) is 0 Å². The van der Waals surface area contributed by atoms with Gasteiger partial charge in [0.2, 0.25) is 0 Å². The van der Waals surface area contributed by atoms with Crippen molar-refractivity contribution in [3.8, 4) is 0 Å². The molecule has 0 spiro atoms.